The summed E-state index contributed by atoms with van der Waals surface area (Å²) in [5, 5.41) is 11.8. The number of carboxylic acid groups (broad SMARTS) is 1. The van der Waals surface area contributed by atoms with Crippen molar-refractivity contribution in [1.82, 2.24) is 5.32 Å². The van der Waals surface area contributed by atoms with Gasteiger partial charge in [-0.1, -0.05) is 18.2 Å². The number of methoxy groups -OCH3 is 2. The van der Waals surface area contributed by atoms with Crippen molar-refractivity contribution in [2.45, 2.75) is 13.0 Å². The monoisotopic (exact) mass is 343 g/mol. The van der Waals surface area contributed by atoms with E-state index in [-0.39, 0.29) is 11.5 Å². The van der Waals surface area contributed by atoms with Gasteiger partial charge in [0.15, 0.2) is 0 Å². The fourth-order valence-corrected chi connectivity index (χ4v) is 2.42. The third-order valence-electron chi connectivity index (χ3n) is 3.74. The van der Waals surface area contributed by atoms with Crippen LogP contribution in [0, 0.1) is 0 Å². The summed E-state index contributed by atoms with van der Waals surface area (Å²) in [6.07, 6.45) is 0.538. The van der Waals surface area contributed by atoms with Gasteiger partial charge in [-0.15, -0.1) is 0 Å². The van der Waals surface area contributed by atoms with Gasteiger partial charge in [0.1, 0.15) is 5.75 Å². The van der Waals surface area contributed by atoms with Gasteiger partial charge in [0, 0.05) is 19.2 Å². The summed E-state index contributed by atoms with van der Waals surface area (Å²) in [7, 11) is 3.11. The number of benzene rings is 2. The van der Waals surface area contributed by atoms with E-state index in [1.54, 1.807) is 25.3 Å². The largest absolute Gasteiger partial charge is 0.496 e. The molecule has 0 fully saturated rings. The molecule has 6 nitrogen and oxygen atoms in total. The third-order valence-corrected chi connectivity index (χ3v) is 3.74. The van der Waals surface area contributed by atoms with Gasteiger partial charge in [0.05, 0.1) is 19.3 Å². The molecule has 0 aliphatic rings. The number of rotatable bonds is 8. The summed E-state index contributed by atoms with van der Waals surface area (Å²) >= 11 is 0. The number of carbonyl (C=O) groups excluding carboxylic acids is 1. The number of ether oxygens (including phenoxy) is 2. The summed E-state index contributed by atoms with van der Waals surface area (Å²) < 4.78 is 10.3. The van der Waals surface area contributed by atoms with Gasteiger partial charge in [0.2, 0.25) is 0 Å². The van der Waals surface area contributed by atoms with E-state index in [9.17, 15) is 9.59 Å². The maximum Gasteiger partial charge on any atom is 0.335 e. The molecule has 0 bridgehead atoms. The van der Waals surface area contributed by atoms with Gasteiger partial charge in [0.25, 0.3) is 5.91 Å². The molecule has 6 heteroatoms. The number of aromatic carboxylic acids is 1. The summed E-state index contributed by atoms with van der Waals surface area (Å²) in [6.45, 7) is 0.926. The van der Waals surface area contributed by atoms with Crippen molar-refractivity contribution >= 4 is 11.9 Å². The van der Waals surface area contributed by atoms with E-state index >= 15 is 0 Å². The molecule has 25 heavy (non-hydrogen) atoms. The molecule has 0 aliphatic heterocycles. The van der Waals surface area contributed by atoms with Gasteiger partial charge >= 0.3 is 5.97 Å². The van der Waals surface area contributed by atoms with E-state index in [4.69, 9.17) is 14.6 Å². The highest BCUT2D eigenvalue weighted by molar-refractivity contribution is 5.94. The molecule has 1 amide bonds. The molecule has 0 saturated carbocycles. The molecule has 0 saturated heterocycles. The normalized spacial score (nSPS) is 10.3. The maximum atomic E-state index is 12.2. The maximum absolute atomic E-state index is 12.2. The minimum Gasteiger partial charge on any atom is -0.496 e. The van der Waals surface area contributed by atoms with Crippen molar-refractivity contribution in [2.24, 2.45) is 0 Å². The SMILES string of the molecule is COCc1ccc(C(=O)NCCc2ccc(C(=O)O)cc2OC)cc1. The van der Waals surface area contributed by atoms with Crippen molar-refractivity contribution in [2.75, 3.05) is 20.8 Å². The predicted octanol–water partition coefficient (Wildman–Crippen LogP) is 2.51. The first-order chi connectivity index (χ1) is 12.0. The lowest BCUT2D eigenvalue weighted by atomic mass is 10.1. The van der Waals surface area contributed by atoms with Gasteiger partial charge in [-0.3, -0.25) is 4.79 Å². The van der Waals surface area contributed by atoms with Crippen LogP contribution in [0.5, 0.6) is 5.75 Å². The zero-order valence-electron chi connectivity index (χ0n) is 14.2. The molecule has 132 valence electrons. The number of amides is 1. The molecular formula is C19H21NO5. The van der Waals surface area contributed by atoms with Gasteiger partial charge < -0.3 is 19.9 Å². The second-order valence-electron chi connectivity index (χ2n) is 5.47. The molecule has 0 atom stereocenters. The van der Waals surface area contributed by atoms with Gasteiger partial charge in [-0.05, 0) is 41.8 Å². The highest BCUT2D eigenvalue weighted by Gasteiger charge is 2.10. The minimum absolute atomic E-state index is 0.162. The number of nitrogens with one attached hydrogen (secondary N) is 1. The first kappa shape index (κ1) is 18.5. The predicted molar refractivity (Wildman–Crippen MR) is 93.1 cm³/mol. The molecule has 0 spiro atoms. The average Bonchev–Trinajstić information content (AvgIpc) is 2.62. The highest BCUT2D eigenvalue weighted by Crippen LogP contribution is 2.20. The van der Waals surface area contributed by atoms with E-state index in [1.165, 1.54) is 19.2 Å². The topological polar surface area (TPSA) is 84.9 Å². The van der Waals surface area contributed by atoms with E-state index in [2.05, 4.69) is 5.32 Å². The lowest BCUT2D eigenvalue weighted by molar-refractivity contribution is 0.0696. The van der Waals surface area contributed by atoms with Gasteiger partial charge in [-0.25, -0.2) is 4.79 Å². The summed E-state index contributed by atoms with van der Waals surface area (Å²) in [5.41, 5.74) is 2.58. The Morgan fingerprint density at radius 1 is 1.04 bits per heavy atom. The van der Waals surface area contributed by atoms with Crippen LogP contribution in [0.25, 0.3) is 0 Å². The minimum atomic E-state index is -1.00. The van der Waals surface area contributed by atoms with Crippen LogP contribution in [0.15, 0.2) is 42.5 Å². The smallest absolute Gasteiger partial charge is 0.335 e. The van der Waals surface area contributed by atoms with Crippen molar-refractivity contribution in [3.8, 4) is 5.75 Å². The third kappa shape index (κ3) is 5.06. The van der Waals surface area contributed by atoms with Crippen LogP contribution in [-0.2, 0) is 17.8 Å². The van der Waals surface area contributed by atoms with Crippen molar-refractivity contribution in [3.63, 3.8) is 0 Å². The number of hydrogen-bond acceptors (Lipinski definition) is 4. The number of carboxylic acids is 1. The Labute approximate surface area is 146 Å². The van der Waals surface area contributed by atoms with Crippen LogP contribution in [0.2, 0.25) is 0 Å². The molecule has 2 aromatic rings. The van der Waals surface area contributed by atoms with E-state index in [1.807, 2.05) is 12.1 Å². The Kier molecular flexibility index (Phi) is 6.54. The summed E-state index contributed by atoms with van der Waals surface area (Å²) in [4.78, 5) is 23.1. The van der Waals surface area contributed by atoms with Crippen LogP contribution >= 0.6 is 0 Å². The number of hydrogen-bond donors (Lipinski definition) is 2. The lowest BCUT2D eigenvalue weighted by Crippen LogP contribution is -2.25. The van der Waals surface area contributed by atoms with Crippen molar-refractivity contribution in [3.05, 3.63) is 64.7 Å². The molecule has 2 aromatic carbocycles. The fraction of sp³-hybridized carbons (Fsp3) is 0.263. The summed E-state index contributed by atoms with van der Waals surface area (Å²) in [5.74, 6) is -0.668. The highest BCUT2D eigenvalue weighted by atomic mass is 16.5. The van der Waals surface area contributed by atoms with E-state index in [0.29, 0.717) is 30.9 Å². The van der Waals surface area contributed by atoms with Crippen molar-refractivity contribution in [1.29, 1.82) is 0 Å². The van der Waals surface area contributed by atoms with Crippen LogP contribution in [0.1, 0.15) is 31.8 Å². The molecule has 0 heterocycles. The second-order valence-corrected chi connectivity index (χ2v) is 5.47. The quantitative estimate of drug-likeness (QED) is 0.769. The standard InChI is InChI=1S/C19H21NO5/c1-24-12-13-3-5-15(6-4-13)18(21)20-10-9-14-7-8-16(19(22)23)11-17(14)25-2/h3-8,11H,9-10,12H2,1-2H3,(H,20,21)(H,22,23). The Morgan fingerprint density at radius 2 is 1.72 bits per heavy atom. The Balaban J connectivity index is 1.93. The van der Waals surface area contributed by atoms with E-state index in [0.717, 1.165) is 11.1 Å². The molecule has 2 N–H and O–H groups in total. The zero-order valence-corrected chi connectivity index (χ0v) is 14.2. The molecule has 0 unspecified atom stereocenters. The fourth-order valence-electron chi connectivity index (χ4n) is 2.42. The Morgan fingerprint density at radius 3 is 2.32 bits per heavy atom. The van der Waals surface area contributed by atoms with Crippen LogP contribution < -0.4 is 10.1 Å². The first-order valence-electron chi connectivity index (χ1n) is 7.81. The first-order valence-corrected chi connectivity index (χ1v) is 7.81. The number of carbonyl (C=O) groups is 2. The Hall–Kier alpha value is -2.86. The molecule has 2 rings (SSSR count). The zero-order chi connectivity index (χ0) is 18.2. The molecule has 0 aromatic heterocycles. The van der Waals surface area contributed by atoms with Crippen molar-refractivity contribution < 1.29 is 24.2 Å². The summed E-state index contributed by atoms with van der Waals surface area (Å²) in [6, 6.07) is 11.9. The average molecular weight is 343 g/mol. The van der Waals surface area contributed by atoms with Crippen LogP contribution in [0.3, 0.4) is 0 Å². The molecule has 0 radical (unpaired) electrons. The van der Waals surface area contributed by atoms with E-state index < -0.39 is 5.97 Å². The second kappa shape index (κ2) is 8.84. The van der Waals surface area contributed by atoms with Crippen LogP contribution in [0.4, 0.5) is 0 Å². The molecular weight excluding hydrogens is 322 g/mol. The lowest BCUT2D eigenvalue weighted by Gasteiger charge is -2.10. The molecule has 0 aliphatic carbocycles. The Bertz CT molecular complexity index is 740. The van der Waals surface area contributed by atoms with Gasteiger partial charge in [-0.2, -0.15) is 0 Å². The van der Waals surface area contributed by atoms with Crippen LogP contribution in [-0.4, -0.2) is 37.7 Å².